The van der Waals surface area contributed by atoms with Crippen molar-refractivity contribution in [3.63, 3.8) is 0 Å². The minimum Gasteiger partial charge on any atom is -0.465 e. The van der Waals surface area contributed by atoms with Crippen molar-refractivity contribution in [2.45, 2.75) is 19.4 Å². The molecule has 0 saturated carbocycles. The molecule has 1 aromatic heterocycles. The van der Waals surface area contributed by atoms with Crippen molar-refractivity contribution in [2.24, 2.45) is 0 Å². The summed E-state index contributed by atoms with van der Waals surface area (Å²) in [6.07, 6.45) is 0.665. The summed E-state index contributed by atoms with van der Waals surface area (Å²) in [5.74, 6) is -0.627. The monoisotopic (exact) mass is 366 g/mol. The Labute approximate surface area is 154 Å². The molecule has 0 spiro atoms. The van der Waals surface area contributed by atoms with Crippen LogP contribution in [0.5, 0.6) is 0 Å². The first-order chi connectivity index (χ1) is 13.1. The van der Waals surface area contributed by atoms with Gasteiger partial charge in [-0.05, 0) is 42.8 Å². The van der Waals surface area contributed by atoms with E-state index in [2.05, 4.69) is 20.4 Å². The number of anilines is 1. The number of carbonyl (C=O) groups excluding carboxylic acids is 2. The highest BCUT2D eigenvalue weighted by atomic mass is 16.5. The quantitative estimate of drug-likeness (QED) is 0.669. The van der Waals surface area contributed by atoms with Crippen molar-refractivity contribution in [2.75, 3.05) is 12.4 Å². The van der Waals surface area contributed by atoms with Crippen molar-refractivity contribution >= 4 is 28.5 Å². The van der Waals surface area contributed by atoms with Gasteiger partial charge in [0.15, 0.2) is 0 Å². The van der Waals surface area contributed by atoms with E-state index in [-0.39, 0.29) is 17.9 Å². The highest BCUT2D eigenvalue weighted by Gasteiger charge is 2.08. The molecule has 0 aliphatic rings. The molecule has 1 N–H and O–H groups in total. The Morgan fingerprint density at radius 2 is 1.85 bits per heavy atom. The molecule has 1 amide bonds. The maximum atomic E-state index is 12.3. The van der Waals surface area contributed by atoms with Gasteiger partial charge in [0, 0.05) is 18.7 Å². The van der Waals surface area contributed by atoms with Crippen LogP contribution in [0.4, 0.5) is 5.69 Å². The van der Waals surface area contributed by atoms with Crippen LogP contribution in [0.15, 0.2) is 53.3 Å². The summed E-state index contributed by atoms with van der Waals surface area (Å²) in [6.45, 7) is 0.297. The predicted molar refractivity (Wildman–Crippen MR) is 99.4 cm³/mol. The fourth-order valence-corrected chi connectivity index (χ4v) is 2.59. The van der Waals surface area contributed by atoms with Crippen LogP contribution in [0.2, 0.25) is 0 Å². The number of carbonyl (C=O) groups is 2. The summed E-state index contributed by atoms with van der Waals surface area (Å²) in [4.78, 5) is 35.8. The van der Waals surface area contributed by atoms with Crippen LogP contribution in [-0.4, -0.2) is 34.0 Å². The number of ether oxygens (including phenoxy) is 1. The van der Waals surface area contributed by atoms with Gasteiger partial charge in [0.1, 0.15) is 5.52 Å². The third-order valence-corrected chi connectivity index (χ3v) is 3.99. The highest BCUT2D eigenvalue weighted by molar-refractivity contribution is 5.93. The number of amides is 1. The van der Waals surface area contributed by atoms with Crippen LogP contribution in [0.3, 0.4) is 0 Å². The molecule has 8 nitrogen and oxygen atoms in total. The van der Waals surface area contributed by atoms with Crippen molar-refractivity contribution in [1.82, 2.24) is 15.0 Å². The molecule has 2 aromatic carbocycles. The van der Waals surface area contributed by atoms with Crippen LogP contribution in [0.25, 0.3) is 10.9 Å². The lowest BCUT2D eigenvalue weighted by Crippen LogP contribution is -2.25. The van der Waals surface area contributed by atoms with Gasteiger partial charge in [-0.3, -0.25) is 9.59 Å². The second-order valence-electron chi connectivity index (χ2n) is 5.86. The van der Waals surface area contributed by atoms with Gasteiger partial charge in [0.05, 0.1) is 18.1 Å². The van der Waals surface area contributed by atoms with E-state index in [0.717, 1.165) is 0 Å². The molecule has 0 fully saturated rings. The minimum absolute atomic E-state index is 0.192. The zero-order valence-electron chi connectivity index (χ0n) is 14.7. The number of fused-ring (bicyclic) bond motifs is 1. The maximum Gasteiger partial charge on any atom is 0.337 e. The van der Waals surface area contributed by atoms with Gasteiger partial charge >= 0.3 is 5.97 Å². The average molecular weight is 366 g/mol. The summed E-state index contributed by atoms with van der Waals surface area (Å²) in [5, 5.41) is 11.2. The van der Waals surface area contributed by atoms with Gasteiger partial charge in [-0.2, -0.15) is 0 Å². The van der Waals surface area contributed by atoms with Crippen LogP contribution < -0.4 is 10.9 Å². The van der Waals surface area contributed by atoms with Crippen molar-refractivity contribution in [1.29, 1.82) is 0 Å². The number of hydrogen-bond donors (Lipinski definition) is 1. The lowest BCUT2D eigenvalue weighted by Gasteiger charge is -2.07. The fraction of sp³-hybridized carbons (Fsp3) is 0.211. The standard InChI is InChI=1S/C19H18N4O4/c1-27-19(26)13-8-10-14(11-9-13)20-17(24)7-4-12-23-18(25)15-5-2-3-6-16(15)21-22-23/h2-3,5-6,8-11H,4,7,12H2,1H3,(H,20,24). The van der Waals surface area contributed by atoms with E-state index in [1.165, 1.54) is 11.8 Å². The van der Waals surface area contributed by atoms with Crippen molar-refractivity contribution in [3.8, 4) is 0 Å². The molecule has 0 bridgehead atoms. The van der Waals surface area contributed by atoms with E-state index in [9.17, 15) is 14.4 Å². The lowest BCUT2D eigenvalue weighted by molar-refractivity contribution is -0.116. The maximum absolute atomic E-state index is 12.3. The molecular formula is C19H18N4O4. The number of hydrogen-bond acceptors (Lipinski definition) is 6. The van der Waals surface area contributed by atoms with Crippen LogP contribution in [0.1, 0.15) is 23.2 Å². The van der Waals surface area contributed by atoms with Crippen molar-refractivity contribution < 1.29 is 14.3 Å². The van der Waals surface area contributed by atoms with E-state index in [4.69, 9.17) is 0 Å². The topological polar surface area (TPSA) is 103 Å². The van der Waals surface area contributed by atoms with Gasteiger partial charge < -0.3 is 10.1 Å². The lowest BCUT2D eigenvalue weighted by atomic mass is 10.2. The minimum atomic E-state index is -0.435. The van der Waals surface area contributed by atoms with E-state index in [0.29, 0.717) is 35.1 Å². The molecule has 3 rings (SSSR count). The number of aromatic nitrogens is 3. The number of esters is 1. The first-order valence-electron chi connectivity index (χ1n) is 8.39. The van der Waals surface area contributed by atoms with Gasteiger partial charge in [-0.1, -0.05) is 17.3 Å². The smallest absolute Gasteiger partial charge is 0.337 e. The second kappa shape index (κ2) is 8.22. The molecule has 0 atom stereocenters. The van der Waals surface area contributed by atoms with Gasteiger partial charge in [0.25, 0.3) is 5.56 Å². The first-order valence-corrected chi connectivity index (χ1v) is 8.39. The number of benzene rings is 2. The molecule has 27 heavy (non-hydrogen) atoms. The molecule has 0 aliphatic heterocycles. The Bertz CT molecular complexity index is 1030. The fourth-order valence-electron chi connectivity index (χ4n) is 2.59. The molecule has 0 saturated heterocycles. The van der Waals surface area contributed by atoms with Crippen LogP contribution >= 0.6 is 0 Å². The Balaban J connectivity index is 1.55. The number of rotatable bonds is 6. The molecule has 8 heteroatoms. The number of methoxy groups -OCH3 is 1. The highest BCUT2D eigenvalue weighted by Crippen LogP contribution is 2.11. The Hall–Kier alpha value is -3.55. The number of aryl methyl sites for hydroxylation is 1. The van der Waals surface area contributed by atoms with Gasteiger partial charge in [0.2, 0.25) is 5.91 Å². The van der Waals surface area contributed by atoms with Gasteiger partial charge in [-0.25, -0.2) is 9.48 Å². The largest absolute Gasteiger partial charge is 0.465 e. The zero-order chi connectivity index (χ0) is 19.2. The normalized spacial score (nSPS) is 10.6. The van der Waals surface area contributed by atoms with E-state index >= 15 is 0 Å². The van der Waals surface area contributed by atoms with E-state index in [1.807, 2.05) is 0 Å². The third kappa shape index (κ3) is 4.35. The molecule has 0 aliphatic carbocycles. The van der Waals surface area contributed by atoms with E-state index in [1.54, 1.807) is 48.5 Å². The molecule has 3 aromatic rings. The third-order valence-electron chi connectivity index (χ3n) is 3.99. The number of nitrogens with one attached hydrogen (secondary N) is 1. The Kier molecular flexibility index (Phi) is 5.55. The first kappa shape index (κ1) is 18.2. The predicted octanol–water partition coefficient (Wildman–Crippen LogP) is 2.00. The summed E-state index contributed by atoms with van der Waals surface area (Å²) in [6, 6.07) is 13.4. The summed E-state index contributed by atoms with van der Waals surface area (Å²) < 4.78 is 5.89. The SMILES string of the molecule is COC(=O)c1ccc(NC(=O)CCCn2nnc3ccccc3c2=O)cc1. The molecular weight excluding hydrogens is 348 g/mol. The van der Waals surface area contributed by atoms with Crippen LogP contribution in [0, 0.1) is 0 Å². The molecule has 0 unspecified atom stereocenters. The molecule has 138 valence electrons. The molecule has 1 heterocycles. The number of nitrogens with zero attached hydrogens (tertiary/aromatic N) is 3. The Morgan fingerprint density at radius 1 is 1.11 bits per heavy atom. The zero-order valence-corrected chi connectivity index (χ0v) is 14.7. The average Bonchev–Trinajstić information content (AvgIpc) is 2.70. The molecule has 0 radical (unpaired) electrons. The van der Waals surface area contributed by atoms with Crippen molar-refractivity contribution in [3.05, 3.63) is 64.4 Å². The summed E-state index contributed by atoms with van der Waals surface area (Å²) in [5.41, 5.74) is 1.31. The summed E-state index contributed by atoms with van der Waals surface area (Å²) in [7, 11) is 1.31. The van der Waals surface area contributed by atoms with Gasteiger partial charge in [-0.15, -0.1) is 5.10 Å². The summed E-state index contributed by atoms with van der Waals surface area (Å²) >= 11 is 0. The van der Waals surface area contributed by atoms with E-state index < -0.39 is 5.97 Å². The second-order valence-corrected chi connectivity index (χ2v) is 5.86. The Morgan fingerprint density at radius 3 is 2.59 bits per heavy atom. The van der Waals surface area contributed by atoms with Crippen LogP contribution in [-0.2, 0) is 16.1 Å².